The standard InChI is InChI=1S/C8H8.C3H9NO3.ClH/c1-2-7-4-5-8(3-1)6-7;1-5-4(6-2)7-3;/h1-3,6H,4-5H2;1-3H3;1H. The molecule has 0 saturated heterocycles. The number of rotatable bonds is 3. The van der Waals surface area contributed by atoms with Gasteiger partial charge in [0.25, 0.3) is 0 Å². The minimum atomic E-state index is 0. The Kier molecular flexibility index (Phi) is 8.15. The van der Waals surface area contributed by atoms with Crippen molar-refractivity contribution in [1.82, 2.24) is 5.39 Å². The van der Waals surface area contributed by atoms with Gasteiger partial charge in [0.1, 0.15) is 0 Å². The Bertz CT molecular complexity index is 268. The molecule has 0 radical (unpaired) electrons. The van der Waals surface area contributed by atoms with E-state index in [4.69, 9.17) is 0 Å². The number of benzene rings is 1. The van der Waals surface area contributed by atoms with Crippen LogP contribution in [0.4, 0.5) is 0 Å². The second kappa shape index (κ2) is 8.50. The predicted molar refractivity (Wildman–Crippen MR) is 64.0 cm³/mol. The molecule has 2 rings (SSSR count). The minimum absolute atomic E-state index is 0. The molecular formula is C11H18ClNO3. The lowest BCUT2D eigenvalue weighted by atomic mass is 10.2. The Balaban J connectivity index is 0.000000269. The van der Waals surface area contributed by atoms with Gasteiger partial charge in [-0.25, -0.2) is 0 Å². The van der Waals surface area contributed by atoms with E-state index in [0.717, 1.165) is 5.39 Å². The molecule has 0 amide bonds. The molecule has 16 heavy (non-hydrogen) atoms. The molecule has 2 bridgehead atoms. The van der Waals surface area contributed by atoms with Crippen molar-refractivity contribution < 1.29 is 14.5 Å². The molecule has 0 atom stereocenters. The first kappa shape index (κ1) is 15.3. The molecule has 4 nitrogen and oxygen atoms in total. The number of fused-ring (bicyclic) bond motifs is 2. The molecule has 0 aromatic heterocycles. The summed E-state index contributed by atoms with van der Waals surface area (Å²) in [5.41, 5.74) is 3.00. The maximum Gasteiger partial charge on any atom is 0.0758 e. The number of nitrogens with zero attached hydrogens (tertiary/aromatic N) is 1. The molecular weight excluding hydrogens is 230 g/mol. The Labute approximate surface area is 102 Å². The zero-order valence-corrected chi connectivity index (χ0v) is 10.6. The molecule has 0 saturated carbocycles. The Morgan fingerprint density at radius 2 is 1.38 bits per heavy atom. The molecule has 1 aliphatic carbocycles. The fraction of sp³-hybridized carbons (Fsp3) is 0.455. The average Bonchev–Trinajstić information content (AvgIpc) is 2.61. The first-order valence-electron chi connectivity index (χ1n) is 4.80. The lowest BCUT2D eigenvalue weighted by Gasteiger charge is -2.10. The molecule has 0 fully saturated rings. The lowest BCUT2D eigenvalue weighted by molar-refractivity contribution is -0.502. The van der Waals surface area contributed by atoms with Gasteiger partial charge in [-0.05, 0) is 24.0 Å². The van der Waals surface area contributed by atoms with Gasteiger partial charge < -0.3 is 0 Å². The van der Waals surface area contributed by atoms with E-state index in [2.05, 4.69) is 38.8 Å². The summed E-state index contributed by atoms with van der Waals surface area (Å²) >= 11 is 0. The SMILES string of the molecule is CON(OC)OC.Cl.c1cc2cc(c1)CC2. The van der Waals surface area contributed by atoms with Crippen LogP contribution in [-0.4, -0.2) is 26.7 Å². The highest BCUT2D eigenvalue weighted by molar-refractivity contribution is 5.85. The highest BCUT2D eigenvalue weighted by atomic mass is 35.5. The predicted octanol–water partition coefficient (Wildman–Crippen LogP) is 2.18. The first-order chi connectivity index (χ1) is 7.30. The van der Waals surface area contributed by atoms with Crippen molar-refractivity contribution in [2.75, 3.05) is 21.3 Å². The van der Waals surface area contributed by atoms with E-state index in [9.17, 15) is 0 Å². The smallest absolute Gasteiger partial charge is 0.0758 e. The summed E-state index contributed by atoms with van der Waals surface area (Å²) in [5, 5.41) is 0.875. The third-order valence-electron chi connectivity index (χ3n) is 2.14. The van der Waals surface area contributed by atoms with Gasteiger partial charge >= 0.3 is 0 Å². The fourth-order valence-electron chi connectivity index (χ4n) is 1.45. The zero-order valence-electron chi connectivity index (χ0n) is 9.80. The van der Waals surface area contributed by atoms with Gasteiger partial charge in [0.05, 0.1) is 26.7 Å². The van der Waals surface area contributed by atoms with Crippen LogP contribution in [0.25, 0.3) is 0 Å². The molecule has 1 aliphatic rings. The maximum absolute atomic E-state index is 4.44. The van der Waals surface area contributed by atoms with Crippen LogP contribution in [0.3, 0.4) is 0 Å². The second-order valence-corrected chi connectivity index (χ2v) is 3.09. The van der Waals surface area contributed by atoms with Crippen LogP contribution < -0.4 is 0 Å². The summed E-state index contributed by atoms with van der Waals surface area (Å²) in [6.45, 7) is 0. The van der Waals surface area contributed by atoms with Gasteiger partial charge in [-0.2, -0.15) is 0 Å². The number of hydrogen-bond acceptors (Lipinski definition) is 4. The Morgan fingerprint density at radius 3 is 1.62 bits per heavy atom. The third kappa shape index (κ3) is 4.92. The molecule has 0 aliphatic heterocycles. The minimum Gasteiger partial charge on any atom is -0.254 e. The van der Waals surface area contributed by atoms with Crippen LogP contribution in [0, 0.1) is 0 Å². The van der Waals surface area contributed by atoms with Crippen LogP contribution >= 0.6 is 12.4 Å². The van der Waals surface area contributed by atoms with Crippen molar-refractivity contribution in [1.29, 1.82) is 0 Å². The maximum atomic E-state index is 4.44. The van der Waals surface area contributed by atoms with Gasteiger partial charge in [0, 0.05) is 0 Å². The van der Waals surface area contributed by atoms with Crippen LogP contribution in [0.2, 0.25) is 0 Å². The second-order valence-electron chi connectivity index (χ2n) is 3.09. The number of halogens is 1. The number of aryl methyl sites for hydroxylation is 2. The van der Waals surface area contributed by atoms with Crippen LogP contribution in [0.5, 0.6) is 0 Å². The Morgan fingerprint density at radius 1 is 0.938 bits per heavy atom. The van der Waals surface area contributed by atoms with Gasteiger partial charge in [-0.1, -0.05) is 24.3 Å². The number of hydrogen-bond donors (Lipinski definition) is 0. The van der Waals surface area contributed by atoms with Crippen molar-refractivity contribution in [2.24, 2.45) is 0 Å². The summed E-state index contributed by atoms with van der Waals surface area (Å²) in [5.74, 6) is 0. The van der Waals surface area contributed by atoms with Crippen LogP contribution in [0.15, 0.2) is 24.3 Å². The van der Waals surface area contributed by atoms with E-state index in [1.807, 2.05) is 0 Å². The van der Waals surface area contributed by atoms with E-state index >= 15 is 0 Å². The average molecular weight is 248 g/mol. The quantitative estimate of drug-likeness (QED) is 0.766. The van der Waals surface area contributed by atoms with E-state index in [-0.39, 0.29) is 12.4 Å². The summed E-state index contributed by atoms with van der Waals surface area (Å²) < 4.78 is 0. The van der Waals surface area contributed by atoms with Crippen molar-refractivity contribution in [3.63, 3.8) is 0 Å². The summed E-state index contributed by atoms with van der Waals surface area (Å²) in [7, 11) is 4.31. The Hall–Kier alpha value is -0.650. The molecule has 1 aromatic rings. The monoisotopic (exact) mass is 247 g/mol. The largest absolute Gasteiger partial charge is 0.254 e. The summed E-state index contributed by atoms with van der Waals surface area (Å²) in [4.78, 5) is 13.3. The highest BCUT2D eigenvalue weighted by Crippen LogP contribution is 2.15. The van der Waals surface area contributed by atoms with Gasteiger partial charge in [0.2, 0.25) is 0 Å². The zero-order chi connectivity index (χ0) is 11.1. The molecule has 0 unspecified atom stereocenters. The normalized spacial score (nSPS) is 11.8. The third-order valence-corrected chi connectivity index (χ3v) is 2.14. The lowest BCUT2D eigenvalue weighted by Crippen LogP contribution is -2.18. The van der Waals surface area contributed by atoms with E-state index in [1.165, 1.54) is 45.3 Å². The van der Waals surface area contributed by atoms with E-state index < -0.39 is 0 Å². The van der Waals surface area contributed by atoms with Crippen LogP contribution in [-0.2, 0) is 27.4 Å². The summed E-state index contributed by atoms with van der Waals surface area (Å²) in [6.07, 6.45) is 2.53. The molecule has 0 N–H and O–H groups in total. The summed E-state index contributed by atoms with van der Waals surface area (Å²) in [6, 6.07) is 8.80. The molecule has 0 spiro atoms. The van der Waals surface area contributed by atoms with Gasteiger partial charge in [-0.15, -0.1) is 12.4 Å². The molecule has 1 aromatic carbocycles. The van der Waals surface area contributed by atoms with Crippen LogP contribution in [0.1, 0.15) is 11.1 Å². The first-order valence-corrected chi connectivity index (χ1v) is 4.80. The van der Waals surface area contributed by atoms with Gasteiger partial charge in [-0.3, -0.25) is 14.5 Å². The molecule has 92 valence electrons. The topological polar surface area (TPSA) is 30.9 Å². The van der Waals surface area contributed by atoms with Crippen molar-refractivity contribution in [2.45, 2.75) is 12.8 Å². The molecule has 0 heterocycles. The van der Waals surface area contributed by atoms with Crippen molar-refractivity contribution >= 4 is 12.4 Å². The highest BCUT2D eigenvalue weighted by Gasteiger charge is 2.02. The van der Waals surface area contributed by atoms with Crippen molar-refractivity contribution in [3.05, 3.63) is 35.4 Å². The van der Waals surface area contributed by atoms with E-state index in [0.29, 0.717) is 0 Å². The fourth-order valence-corrected chi connectivity index (χ4v) is 1.45. The molecule has 5 heteroatoms. The van der Waals surface area contributed by atoms with Crippen molar-refractivity contribution in [3.8, 4) is 0 Å². The van der Waals surface area contributed by atoms with Gasteiger partial charge in [0.15, 0.2) is 0 Å². The van der Waals surface area contributed by atoms with E-state index in [1.54, 1.807) is 0 Å².